The normalized spacial score (nSPS) is 0.667. The first kappa shape index (κ1) is 54.2. The number of hydrogen-bond acceptors (Lipinski definition) is 0. The Morgan fingerprint density at radius 1 is 0.667 bits per heavy atom. The molecule has 0 fully saturated rings. The van der Waals surface area contributed by atoms with Crippen molar-refractivity contribution in [3.63, 3.8) is 0 Å². The van der Waals surface area contributed by atoms with Gasteiger partial charge >= 0.3 is 39.1 Å². The Kier molecular flexibility index (Phi) is 923. The number of halogens is 1. The molecule has 6 heteroatoms. The molecular weight excluding hydrogens is 238 g/mol. The first-order valence-electron chi connectivity index (χ1n) is 0.218. The monoisotopic (exact) mass is 246 g/mol. The molecule has 0 aromatic heterocycles. The summed E-state index contributed by atoms with van der Waals surface area (Å²) in [6, 6.07) is 0. The Balaban J connectivity index is -0.000000000833. The fourth-order valence-electron chi connectivity index (χ4n) is 0. The number of hydrogen-bond donors (Lipinski definition) is 0. The van der Waals surface area contributed by atoms with Gasteiger partial charge < -0.3 is 21.9 Å². The standard InChI is InChI=1S/ClH.La.4H2O/h1H;;4*1H2/q;+1;;;;/p-1. The maximum absolute atomic E-state index is 4.81. The van der Waals surface area contributed by atoms with Crippen LogP contribution in [-0.4, -0.2) is 21.9 Å². The van der Waals surface area contributed by atoms with Gasteiger partial charge in [0.2, 0.25) is 0 Å². The SMILES string of the molecule is O.O.O.O.[Cl][La]. The Morgan fingerprint density at radius 3 is 0.667 bits per heavy atom. The van der Waals surface area contributed by atoms with E-state index in [1.54, 1.807) is 0 Å². The van der Waals surface area contributed by atoms with E-state index < -0.39 is 0 Å². The van der Waals surface area contributed by atoms with Crippen LogP contribution in [0.15, 0.2) is 0 Å². The van der Waals surface area contributed by atoms with E-state index in [2.05, 4.69) is 0 Å². The van der Waals surface area contributed by atoms with Crippen LogP contribution in [0.5, 0.6) is 0 Å². The van der Waals surface area contributed by atoms with Gasteiger partial charge in [0.25, 0.3) is 0 Å². The van der Waals surface area contributed by atoms with Crippen LogP contribution in [0, 0.1) is 32.3 Å². The van der Waals surface area contributed by atoms with Gasteiger partial charge in [0.1, 0.15) is 0 Å². The Morgan fingerprint density at radius 2 is 0.667 bits per heavy atom. The molecular formula is H8ClLaO4. The van der Waals surface area contributed by atoms with Crippen molar-refractivity contribution < 1.29 is 54.2 Å². The molecule has 0 spiro atoms. The average molecular weight is 246 g/mol. The number of rotatable bonds is 0. The summed E-state index contributed by atoms with van der Waals surface area (Å²) in [4.78, 5) is 0. The molecule has 8 N–H and O–H groups in total. The summed E-state index contributed by atoms with van der Waals surface area (Å²) >= 11 is 0.639. The van der Waals surface area contributed by atoms with Crippen molar-refractivity contribution in [1.82, 2.24) is 0 Å². The van der Waals surface area contributed by atoms with E-state index in [9.17, 15) is 0 Å². The molecule has 0 aliphatic heterocycles. The van der Waals surface area contributed by atoms with E-state index >= 15 is 0 Å². The summed E-state index contributed by atoms with van der Waals surface area (Å²) in [6.07, 6.45) is 0. The molecule has 4 nitrogen and oxygen atoms in total. The first-order valence-corrected chi connectivity index (χ1v) is 4.77. The predicted molar refractivity (Wildman–Crippen MR) is 20.3 cm³/mol. The van der Waals surface area contributed by atoms with Crippen molar-refractivity contribution in [2.45, 2.75) is 0 Å². The Bertz CT molecular complexity index is 7.51. The van der Waals surface area contributed by atoms with Crippen LogP contribution in [0.1, 0.15) is 0 Å². The van der Waals surface area contributed by atoms with Gasteiger partial charge in [0.05, 0.1) is 0 Å². The summed E-state index contributed by atoms with van der Waals surface area (Å²) in [5.41, 5.74) is 0. The van der Waals surface area contributed by atoms with E-state index in [1.807, 2.05) is 0 Å². The van der Waals surface area contributed by atoms with Gasteiger partial charge in [-0.3, -0.25) is 0 Å². The fourth-order valence-corrected chi connectivity index (χ4v) is 0. The zero-order chi connectivity index (χ0) is 2.00. The Hall–Kier alpha value is 1.32. The van der Waals surface area contributed by atoms with Gasteiger partial charge in [0.15, 0.2) is 0 Å². The van der Waals surface area contributed by atoms with Crippen molar-refractivity contribution in [2.24, 2.45) is 0 Å². The molecule has 0 aromatic carbocycles. The minimum atomic E-state index is 0. The van der Waals surface area contributed by atoms with E-state index in [-0.39, 0.29) is 21.9 Å². The summed E-state index contributed by atoms with van der Waals surface area (Å²) < 4.78 is 0. The minimum absolute atomic E-state index is 0. The zero-order valence-corrected chi connectivity index (χ0v) is 7.34. The molecule has 0 rings (SSSR count). The molecule has 0 atom stereocenters. The van der Waals surface area contributed by atoms with Gasteiger partial charge in [-0.1, -0.05) is 0 Å². The summed E-state index contributed by atoms with van der Waals surface area (Å²) in [5.74, 6) is 0. The molecule has 0 saturated carbocycles. The Labute approximate surface area is 60.6 Å². The van der Waals surface area contributed by atoms with Crippen LogP contribution in [0.3, 0.4) is 0 Å². The van der Waals surface area contributed by atoms with E-state index in [0.29, 0.717) is 32.3 Å². The van der Waals surface area contributed by atoms with Crippen LogP contribution in [0.4, 0.5) is 0 Å². The third-order valence-corrected chi connectivity index (χ3v) is 0. The van der Waals surface area contributed by atoms with E-state index in [0.717, 1.165) is 0 Å². The molecule has 0 aliphatic rings. The zero-order valence-electron chi connectivity index (χ0n) is 2.96. The van der Waals surface area contributed by atoms with Crippen LogP contribution in [-0.2, 0) is 0 Å². The molecule has 0 saturated heterocycles. The molecule has 0 unspecified atom stereocenters. The van der Waals surface area contributed by atoms with Crippen molar-refractivity contribution in [1.29, 1.82) is 0 Å². The van der Waals surface area contributed by atoms with Gasteiger partial charge in [-0.05, 0) is 0 Å². The summed E-state index contributed by atoms with van der Waals surface area (Å²) in [5, 5.41) is 0. The van der Waals surface area contributed by atoms with Crippen molar-refractivity contribution in [3.8, 4) is 0 Å². The maximum atomic E-state index is 4.81. The fraction of sp³-hybridized carbons (Fsp3) is 0. The van der Waals surface area contributed by atoms with Gasteiger partial charge in [-0.25, -0.2) is 0 Å². The summed E-state index contributed by atoms with van der Waals surface area (Å²) in [7, 11) is 0. The van der Waals surface area contributed by atoms with Crippen LogP contribution in [0.25, 0.3) is 0 Å². The first-order chi connectivity index (χ1) is 1.00. The van der Waals surface area contributed by atoms with Crippen LogP contribution in [0.2, 0.25) is 0 Å². The molecule has 42 valence electrons. The molecule has 0 radical (unpaired) electrons. The predicted octanol–water partition coefficient (Wildman–Crippen LogP) is -2.61. The third-order valence-electron chi connectivity index (χ3n) is 0. The van der Waals surface area contributed by atoms with Crippen molar-refractivity contribution in [3.05, 3.63) is 0 Å². The molecule has 0 aromatic rings. The van der Waals surface area contributed by atoms with E-state index in [4.69, 9.17) is 6.79 Å². The van der Waals surface area contributed by atoms with Gasteiger partial charge in [-0.2, -0.15) is 0 Å². The second-order valence-corrected chi connectivity index (χ2v) is 0. The molecule has 0 bridgehead atoms. The second kappa shape index (κ2) is 102. The van der Waals surface area contributed by atoms with Crippen LogP contribution >= 0.6 is 6.79 Å². The second-order valence-electron chi connectivity index (χ2n) is 0. The van der Waals surface area contributed by atoms with Crippen molar-refractivity contribution in [2.75, 3.05) is 0 Å². The van der Waals surface area contributed by atoms with Crippen molar-refractivity contribution >= 4 is 6.79 Å². The molecule has 0 aliphatic carbocycles. The average Bonchev–Trinajstić information content (AvgIpc) is 1.00. The van der Waals surface area contributed by atoms with E-state index in [1.165, 1.54) is 0 Å². The van der Waals surface area contributed by atoms with Gasteiger partial charge in [0, 0.05) is 0 Å². The van der Waals surface area contributed by atoms with Gasteiger partial charge in [-0.15, -0.1) is 0 Å². The molecule has 0 heterocycles. The summed E-state index contributed by atoms with van der Waals surface area (Å²) in [6.45, 7) is 4.81. The molecule has 0 amide bonds. The van der Waals surface area contributed by atoms with Crippen LogP contribution < -0.4 is 0 Å². The topological polar surface area (TPSA) is 126 Å². The third kappa shape index (κ3) is 56.7. The molecule has 6 heavy (non-hydrogen) atoms. The quantitative estimate of drug-likeness (QED) is 0.444.